The number of rotatable bonds is 4. The molecule has 0 amide bonds. The van der Waals surface area contributed by atoms with E-state index in [9.17, 15) is 4.79 Å². The second-order valence-electron chi connectivity index (χ2n) is 4.32. The molecule has 2 nitrogen and oxygen atoms in total. The van der Waals surface area contributed by atoms with E-state index in [2.05, 4.69) is 35.3 Å². The lowest BCUT2D eigenvalue weighted by atomic mass is 10.1. The number of aldehydes is 1. The molecule has 2 heterocycles. The summed E-state index contributed by atoms with van der Waals surface area (Å²) in [6.45, 7) is 0. The van der Waals surface area contributed by atoms with Crippen molar-refractivity contribution in [1.29, 1.82) is 0 Å². The number of benzene rings is 1. The maximum atomic E-state index is 10.6. The summed E-state index contributed by atoms with van der Waals surface area (Å²) in [6.07, 6.45) is 2.97. The number of thiophene rings is 1. The smallest absolute Gasteiger partial charge is 0.166 e. The van der Waals surface area contributed by atoms with Gasteiger partial charge in [0.1, 0.15) is 0 Å². The fourth-order valence-corrected chi connectivity index (χ4v) is 3.16. The molecule has 0 saturated carbocycles. The van der Waals surface area contributed by atoms with Crippen molar-refractivity contribution < 1.29 is 4.79 Å². The molecule has 0 fully saturated rings. The lowest BCUT2D eigenvalue weighted by Gasteiger charge is -1.98. The van der Waals surface area contributed by atoms with Crippen LogP contribution in [-0.4, -0.2) is 11.3 Å². The second kappa shape index (κ2) is 4.78. The Morgan fingerprint density at radius 2 is 1.94 bits per heavy atom. The summed E-state index contributed by atoms with van der Waals surface area (Å²) in [6, 6.07) is 14.6. The molecule has 2 aromatic heterocycles. The van der Waals surface area contributed by atoms with Crippen molar-refractivity contribution in [3.05, 3.63) is 58.6 Å². The van der Waals surface area contributed by atoms with Gasteiger partial charge in [0.2, 0.25) is 0 Å². The summed E-state index contributed by atoms with van der Waals surface area (Å²) < 4.78 is 1.17. The number of fused-ring (bicyclic) bond motifs is 1. The van der Waals surface area contributed by atoms with Crippen LogP contribution in [0.2, 0.25) is 0 Å². The molecule has 1 aromatic carbocycles. The molecule has 0 unspecified atom stereocenters. The molecule has 3 heteroatoms. The van der Waals surface area contributed by atoms with Crippen molar-refractivity contribution in [1.82, 2.24) is 4.98 Å². The van der Waals surface area contributed by atoms with Crippen molar-refractivity contribution in [2.24, 2.45) is 0 Å². The molecule has 0 aliphatic rings. The van der Waals surface area contributed by atoms with Gasteiger partial charge in [0, 0.05) is 4.88 Å². The Morgan fingerprint density at radius 1 is 1.11 bits per heavy atom. The van der Waals surface area contributed by atoms with E-state index in [1.807, 2.05) is 12.1 Å². The second-order valence-corrected chi connectivity index (χ2v) is 5.49. The monoisotopic (exact) mass is 255 g/mol. The zero-order chi connectivity index (χ0) is 12.4. The van der Waals surface area contributed by atoms with Gasteiger partial charge >= 0.3 is 0 Å². The highest BCUT2D eigenvalue weighted by molar-refractivity contribution is 7.19. The van der Waals surface area contributed by atoms with Crippen LogP contribution in [0.15, 0.2) is 42.5 Å². The number of carbonyl (C=O) groups excluding carboxylic acids is 1. The summed E-state index contributed by atoms with van der Waals surface area (Å²) >= 11 is 1.76. The molecule has 90 valence electrons. The van der Waals surface area contributed by atoms with Gasteiger partial charge in [0.25, 0.3) is 0 Å². The minimum absolute atomic E-state index is 0.658. The van der Waals surface area contributed by atoms with Crippen LogP contribution < -0.4 is 0 Å². The molecule has 0 saturated heterocycles. The average molecular weight is 255 g/mol. The highest BCUT2D eigenvalue weighted by Crippen LogP contribution is 2.26. The zero-order valence-electron chi connectivity index (χ0n) is 9.85. The first-order valence-electron chi connectivity index (χ1n) is 5.96. The van der Waals surface area contributed by atoms with Gasteiger partial charge in [-0.1, -0.05) is 30.3 Å². The first-order valence-corrected chi connectivity index (χ1v) is 6.77. The van der Waals surface area contributed by atoms with E-state index in [0.29, 0.717) is 5.69 Å². The van der Waals surface area contributed by atoms with Gasteiger partial charge in [-0.2, -0.15) is 0 Å². The van der Waals surface area contributed by atoms with Gasteiger partial charge in [-0.3, -0.25) is 4.79 Å². The molecule has 3 rings (SSSR count). The summed E-state index contributed by atoms with van der Waals surface area (Å²) in [4.78, 5) is 15.1. The molecule has 0 bridgehead atoms. The number of hydrogen-bond acceptors (Lipinski definition) is 2. The summed E-state index contributed by atoms with van der Waals surface area (Å²) in [5.41, 5.74) is 3.10. The van der Waals surface area contributed by atoms with E-state index in [1.165, 1.54) is 15.1 Å². The van der Waals surface area contributed by atoms with E-state index in [0.717, 1.165) is 24.6 Å². The lowest BCUT2D eigenvalue weighted by Crippen LogP contribution is -1.87. The Kier molecular flexibility index (Phi) is 2.99. The average Bonchev–Trinajstić information content (AvgIpc) is 2.95. The first kappa shape index (κ1) is 11.2. The van der Waals surface area contributed by atoms with Crippen LogP contribution in [0.5, 0.6) is 0 Å². The standard InChI is InChI=1S/C15H13NOS/c17-10-12-8-15-14(16-12)9-13(18-15)7-6-11-4-2-1-3-5-11/h1-5,8-10,16H,6-7H2. The highest BCUT2D eigenvalue weighted by Gasteiger charge is 2.05. The summed E-state index contributed by atoms with van der Waals surface area (Å²) in [5, 5.41) is 0. The van der Waals surface area contributed by atoms with E-state index in [-0.39, 0.29) is 0 Å². The summed E-state index contributed by atoms with van der Waals surface area (Å²) in [7, 11) is 0. The van der Waals surface area contributed by atoms with Crippen molar-refractivity contribution in [2.45, 2.75) is 12.8 Å². The third-order valence-electron chi connectivity index (χ3n) is 3.01. The van der Waals surface area contributed by atoms with Gasteiger partial charge in [-0.25, -0.2) is 0 Å². The largest absolute Gasteiger partial charge is 0.352 e. The van der Waals surface area contributed by atoms with Crippen LogP contribution in [0.25, 0.3) is 10.2 Å². The number of carbonyl (C=O) groups is 1. The normalized spacial score (nSPS) is 10.9. The van der Waals surface area contributed by atoms with Crippen LogP contribution in [0.3, 0.4) is 0 Å². The molecule has 18 heavy (non-hydrogen) atoms. The van der Waals surface area contributed by atoms with Crippen molar-refractivity contribution in [3.63, 3.8) is 0 Å². The van der Waals surface area contributed by atoms with Crippen molar-refractivity contribution in [3.8, 4) is 0 Å². The van der Waals surface area contributed by atoms with Gasteiger partial charge in [-0.05, 0) is 30.5 Å². The van der Waals surface area contributed by atoms with E-state index < -0.39 is 0 Å². The number of nitrogens with one attached hydrogen (secondary N) is 1. The highest BCUT2D eigenvalue weighted by atomic mass is 32.1. The Balaban J connectivity index is 1.75. The topological polar surface area (TPSA) is 32.9 Å². The predicted octanol–water partition coefficient (Wildman–Crippen LogP) is 3.83. The molecule has 0 atom stereocenters. The van der Waals surface area contributed by atoms with Crippen LogP contribution >= 0.6 is 11.3 Å². The third kappa shape index (κ3) is 2.22. The van der Waals surface area contributed by atoms with Crippen LogP contribution in [0, 0.1) is 0 Å². The minimum atomic E-state index is 0.658. The Hall–Kier alpha value is -1.87. The van der Waals surface area contributed by atoms with Gasteiger partial charge in [-0.15, -0.1) is 11.3 Å². The number of aryl methyl sites for hydroxylation is 2. The van der Waals surface area contributed by atoms with Crippen LogP contribution in [0.1, 0.15) is 20.9 Å². The molecule has 0 radical (unpaired) electrons. The van der Waals surface area contributed by atoms with Crippen LogP contribution in [-0.2, 0) is 12.8 Å². The fraction of sp³-hybridized carbons (Fsp3) is 0.133. The molecular weight excluding hydrogens is 242 g/mol. The maximum Gasteiger partial charge on any atom is 0.166 e. The molecule has 3 aromatic rings. The fourth-order valence-electron chi connectivity index (χ4n) is 2.09. The molecule has 0 spiro atoms. The van der Waals surface area contributed by atoms with E-state index in [1.54, 1.807) is 11.3 Å². The molecule has 1 N–H and O–H groups in total. The number of aromatic nitrogens is 1. The zero-order valence-corrected chi connectivity index (χ0v) is 10.7. The Morgan fingerprint density at radius 3 is 2.67 bits per heavy atom. The molecule has 0 aliphatic carbocycles. The van der Waals surface area contributed by atoms with Gasteiger partial charge in [0.15, 0.2) is 6.29 Å². The lowest BCUT2D eigenvalue weighted by molar-refractivity contribution is 0.112. The van der Waals surface area contributed by atoms with Crippen LogP contribution in [0.4, 0.5) is 0 Å². The van der Waals surface area contributed by atoms with Gasteiger partial charge < -0.3 is 4.98 Å². The Labute approximate surface area is 109 Å². The number of aromatic amines is 1. The number of hydrogen-bond donors (Lipinski definition) is 1. The maximum absolute atomic E-state index is 10.6. The quantitative estimate of drug-likeness (QED) is 0.706. The molecular formula is C15H13NOS. The Bertz CT molecular complexity index is 635. The third-order valence-corrected chi connectivity index (χ3v) is 4.15. The van der Waals surface area contributed by atoms with Crippen molar-refractivity contribution in [2.75, 3.05) is 0 Å². The van der Waals surface area contributed by atoms with Gasteiger partial charge in [0.05, 0.1) is 15.9 Å². The summed E-state index contributed by atoms with van der Waals surface area (Å²) in [5.74, 6) is 0. The SMILES string of the molecule is O=Cc1cc2sc(CCc3ccccc3)cc2[nH]1. The van der Waals surface area contributed by atoms with E-state index >= 15 is 0 Å². The van der Waals surface area contributed by atoms with Crippen molar-refractivity contribution >= 4 is 27.8 Å². The molecule has 0 aliphatic heterocycles. The predicted molar refractivity (Wildman–Crippen MR) is 75.4 cm³/mol. The minimum Gasteiger partial charge on any atom is -0.352 e. The first-order chi connectivity index (χ1) is 8.85. The van der Waals surface area contributed by atoms with E-state index in [4.69, 9.17) is 0 Å². The number of H-pyrrole nitrogens is 1.